The molecule has 1 fully saturated rings. The highest BCUT2D eigenvalue weighted by Gasteiger charge is 2.31. The standard InChI is InChI=1S/C20H25NO4S/c1-16(2)15-25-18-8-10-19(11-9-18)26(22,23)21-12-13-24-20(14-21)17-6-4-3-5-7-17/h3-11,16,20H,12-15H2,1-2H3/t20-/m1/s1. The van der Waals surface area contributed by atoms with Crippen LogP contribution in [0.1, 0.15) is 25.5 Å². The summed E-state index contributed by atoms with van der Waals surface area (Å²) in [5.74, 6) is 1.10. The summed E-state index contributed by atoms with van der Waals surface area (Å²) in [5.41, 5.74) is 0.991. The fraction of sp³-hybridized carbons (Fsp3) is 0.400. The summed E-state index contributed by atoms with van der Waals surface area (Å²) in [5, 5.41) is 0. The first-order chi connectivity index (χ1) is 12.5. The molecule has 3 rings (SSSR count). The predicted molar refractivity (Wildman–Crippen MR) is 101 cm³/mol. The van der Waals surface area contributed by atoms with Gasteiger partial charge in [0.15, 0.2) is 0 Å². The van der Waals surface area contributed by atoms with Crippen LogP contribution in [0, 0.1) is 5.92 Å². The molecule has 0 aliphatic carbocycles. The molecule has 1 saturated heterocycles. The molecule has 1 aliphatic rings. The second-order valence-electron chi connectivity index (χ2n) is 6.81. The number of rotatable bonds is 6. The largest absolute Gasteiger partial charge is 0.493 e. The van der Waals surface area contributed by atoms with Crippen LogP contribution in [0.25, 0.3) is 0 Å². The van der Waals surface area contributed by atoms with Gasteiger partial charge in [-0.15, -0.1) is 0 Å². The molecule has 0 amide bonds. The fourth-order valence-corrected chi connectivity index (χ4v) is 4.26. The molecule has 0 N–H and O–H groups in total. The Morgan fingerprint density at radius 3 is 2.46 bits per heavy atom. The number of hydrogen-bond acceptors (Lipinski definition) is 4. The Morgan fingerprint density at radius 1 is 1.12 bits per heavy atom. The molecular weight excluding hydrogens is 350 g/mol. The van der Waals surface area contributed by atoms with Crippen molar-refractivity contribution in [2.24, 2.45) is 5.92 Å². The lowest BCUT2D eigenvalue weighted by Crippen LogP contribution is -2.42. The van der Waals surface area contributed by atoms with E-state index in [9.17, 15) is 8.42 Å². The highest BCUT2D eigenvalue weighted by atomic mass is 32.2. The van der Waals surface area contributed by atoms with E-state index in [0.717, 1.165) is 5.56 Å². The summed E-state index contributed by atoms with van der Waals surface area (Å²) in [6.45, 7) is 5.80. The molecule has 0 unspecified atom stereocenters. The minimum absolute atomic E-state index is 0.242. The maximum atomic E-state index is 13.0. The van der Waals surface area contributed by atoms with E-state index in [1.54, 1.807) is 24.3 Å². The first-order valence-corrected chi connectivity index (χ1v) is 10.3. The van der Waals surface area contributed by atoms with E-state index in [1.807, 2.05) is 30.3 Å². The van der Waals surface area contributed by atoms with Gasteiger partial charge in [-0.25, -0.2) is 8.42 Å². The number of nitrogens with zero attached hydrogens (tertiary/aromatic N) is 1. The van der Waals surface area contributed by atoms with Gasteiger partial charge in [-0.1, -0.05) is 44.2 Å². The van der Waals surface area contributed by atoms with Crippen molar-refractivity contribution in [2.75, 3.05) is 26.3 Å². The third-order valence-corrected chi connectivity index (χ3v) is 6.12. The summed E-state index contributed by atoms with van der Waals surface area (Å²) >= 11 is 0. The molecule has 0 saturated carbocycles. The zero-order valence-electron chi connectivity index (χ0n) is 15.2. The molecule has 0 bridgehead atoms. The summed E-state index contributed by atoms with van der Waals surface area (Å²) in [7, 11) is -3.55. The predicted octanol–water partition coefficient (Wildman–Crippen LogP) is 3.48. The average Bonchev–Trinajstić information content (AvgIpc) is 2.67. The van der Waals surface area contributed by atoms with Gasteiger partial charge < -0.3 is 9.47 Å². The van der Waals surface area contributed by atoms with Crippen molar-refractivity contribution >= 4 is 10.0 Å². The van der Waals surface area contributed by atoms with E-state index in [-0.39, 0.29) is 11.0 Å². The van der Waals surface area contributed by atoms with Gasteiger partial charge in [0.1, 0.15) is 5.75 Å². The lowest BCUT2D eigenvalue weighted by atomic mass is 10.1. The number of sulfonamides is 1. The van der Waals surface area contributed by atoms with Crippen molar-refractivity contribution in [3.63, 3.8) is 0 Å². The molecular formula is C20H25NO4S. The van der Waals surface area contributed by atoms with Crippen LogP contribution < -0.4 is 4.74 Å². The average molecular weight is 375 g/mol. The molecule has 0 spiro atoms. The van der Waals surface area contributed by atoms with E-state index < -0.39 is 10.0 Å². The van der Waals surface area contributed by atoms with Crippen molar-refractivity contribution in [1.82, 2.24) is 4.31 Å². The van der Waals surface area contributed by atoms with Crippen molar-refractivity contribution in [2.45, 2.75) is 24.8 Å². The van der Waals surface area contributed by atoms with E-state index in [4.69, 9.17) is 9.47 Å². The van der Waals surface area contributed by atoms with Gasteiger partial charge in [-0.2, -0.15) is 4.31 Å². The van der Waals surface area contributed by atoms with Gasteiger partial charge in [-0.05, 0) is 35.7 Å². The Morgan fingerprint density at radius 2 is 1.81 bits per heavy atom. The highest BCUT2D eigenvalue weighted by Crippen LogP contribution is 2.27. The van der Waals surface area contributed by atoms with Gasteiger partial charge in [0.25, 0.3) is 0 Å². The lowest BCUT2D eigenvalue weighted by Gasteiger charge is -2.32. The SMILES string of the molecule is CC(C)COc1ccc(S(=O)(=O)N2CCO[C@@H](c3ccccc3)C2)cc1. The molecule has 5 nitrogen and oxygen atoms in total. The van der Waals surface area contributed by atoms with Gasteiger partial charge in [0, 0.05) is 13.1 Å². The minimum atomic E-state index is -3.55. The van der Waals surface area contributed by atoms with Crippen molar-refractivity contribution < 1.29 is 17.9 Å². The number of hydrogen-bond donors (Lipinski definition) is 0. The monoisotopic (exact) mass is 375 g/mol. The molecule has 1 aliphatic heterocycles. The lowest BCUT2D eigenvalue weighted by molar-refractivity contribution is -0.00255. The van der Waals surface area contributed by atoms with Crippen LogP contribution in [0.2, 0.25) is 0 Å². The maximum Gasteiger partial charge on any atom is 0.243 e. The van der Waals surface area contributed by atoms with E-state index in [2.05, 4.69) is 13.8 Å². The van der Waals surface area contributed by atoms with Crippen LogP contribution in [0.5, 0.6) is 5.75 Å². The van der Waals surface area contributed by atoms with Gasteiger partial charge in [-0.3, -0.25) is 0 Å². The van der Waals surface area contributed by atoms with Crippen molar-refractivity contribution in [3.8, 4) is 5.75 Å². The van der Waals surface area contributed by atoms with Crippen LogP contribution in [-0.2, 0) is 14.8 Å². The molecule has 1 heterocycles. The van der Waals surface area contributed by atoms with E-state index >= 15 is 0 Å². The molecule has 0 aromatic heterocycles. The molecule has 26 heavy (non-hydrogen) atoms. The molecule has 140 valence electrons. The smallest absolute Gasteiger partial charge is 0.243 e. The second-order valence-corrected chi connectivity index (χ2v) is 8.75. The van der Waals surface area contributed by atoms with E-state index in [1.165, 1.54) is 4.31 Å². The fourth-order valence-electron chi connectivity index (χ4n) is 2.83. The summed E-state index contributed by atoms with van der Waals surface area (Å²) in [4.78, 5) is 0.281. The van der Waals surface area contributed by atoms with E-state index in [0.29, 0.717) is 38.0 Å². The Balaban J connectivity index is 1.73. The Kier molecular flexibility index (Phi) is 5.96. The zero-order chi connectivity index (χ0) is 18.6. The van der Waals surface area contributed by atoms with Crippen molar-refractivity contribution in [1.29, 1.82) is 0 Å². The number of benzene rings is 2. The first-order valence-electron chi connectivity index (χ1n) is 8.86. The second kappa shape index (κ2) is 8.20. The first kappa shape index (κ1) is 18.9. The molecule has 1 atom stereocenters. The quantitative estimate of drug-likeness (QED) is 0.776. The molecule has 0 radical (unpaired) electrons. The molecule has 2 aromatic carbocycles. The summed E-state index contributed by atoms with van der Waals surface area (Å²) in [6.07, 6.45) is -0.242. The molecule has 6 heteroatoms. The summed E-state index contributed by atoms with van der Waals surface area (Å²) < 4.78 is 38.8. The van der Waals surface area contributed by atoms with Crippen LogP contribution in [0.3, 0.4) is 0 Å². The van der Waals surface area contributed by atoms with Crippen LogP contribution in [-0.4, -0.2) is 39.0 Å². The maximum absolute atomic E-state index is 13.0. The van der Waals surface area contributed by atoms with Crippen LogP contribution in [0.15, 0.2) is 59.5 Å². The normalized spacial score (nSPS) is 18.8. The Labute approximate surface area is 155 Å². The third kappa shape index (κ3) is 4.44. The zero-order valence-corrected chi connectivity index (χ0v) is 16.0. The van der Waals surface area contributed by atoms with Crippen LogP contribution in [0.4, 0.5) is 0 Å². The number of ether oxygens (including phenoxy) is 2. The third-order valence-electron chi connectivity index (χ3n) is 4.25. The van der Waals surface area contributed by atoms with Gasteiger partial charge in [0.2, 0.25) is 10.0 Å². The molecule has 2 aromatic rings. The number of morpholine rings is 1. The van der Waals surface area contributed by atoms with Crippen molar-refractivity contribution in [3.05, 3.63) is 60.2 Å². The topological polar surface area (TPSA) is 55.8 Å². The summed E-state index contributed by atoms with van der Waals surface area (Å²) in [6, 6.07) is 16.4. The van der Waals surface area contributed by atoms with Crippen LogP contribution >= 0.6 is 0 Å². The highest BCUT2D eigenvalue weighted by molar-refractivity contribution is 7.89. The Bertz CT molecular complexity index is 803. The minimum Gasteiger partial charge on any atom is -0.493 e. The Hall–Kier alpha value is -1.89. The van der Waals surface area contributed by atoms with Gasteiger partial charge in [0.05, 0.1) is 24.2 Å². The van der Waals surface area contributed by atoms with Gasteiger partial charge >= 0.3 is 0 Å².